The zero-order valence-electron chi connectivity index (χ0n) is 78.2. The summed E-state index contributed by atoms with van der Waals surface area (Å²) in [7, 11) is 3.67. The largest absolute Gasteiger partial charge is 0.508 e. The second kappa shape index (κ2) is 49.2. The Kier molecular flexibility index (Phi) is 37.8. The van der Waals surface area contributed by atoms with E-state index in [0.717, 1.165) is 19.6 Å². The van der Waals surface area contributed by atoms with E-state index in [1.54, 1.807) is 119 Å². The number of aliphatic hydroxyl groups is 1. The molecule has 0 unspecified atom stereocenters. The van der Waals surface area contributed by atoms with E-state index < -0.39 is 258 Å². The van der Waals surface area contributed by atoms with Crippen LogP contribution in [0, 0.1) is 29.3 Å². The predicted octanol–water partition coefficient (Wildman–Crippen LogP) is 3.34. The van der Waals surface area contributed by atoms with Crippen LogP contribution >= 0.6 is 11.8 Å². The van der Waals surface area contributed by atoms with E-state index in [4.69, 9.17) is 5.73 Å². The van der Waals surface area contributed by atoms with Crippen molar-refractivity contribution in [3.8, 4) is 11.5 Å². The molecule has 15 amide bonds. The van der Waals surface area contributed by atoms with Crippen molar-refractivity contribution in [2.24, 2.45) is 17.6 Å². The molecule has 138 heavy (non-hydrogen) atoms. The van der Waals surface area contributed by atoms with Crippen LogP contribution in [0.1, 0.15) is 132 Å². The lowest BCUT2D eigenvalue weighted by molar-refractivity contribution is -0.152. The molecule has 6 aromatic carbocycles. The second-order valence-electron chi connectivity index (χ2n) is 36.0. The second-order valence-corrected chi connectivity index (χ2v) is 37.0. The van der Waals surface area contributed by atoms with Crippen molar-refractivity contribution in [3.63, 3.8) is 0 Å². The van der Waals surface area contributed by atoms with Gasteiger partial charge in [0.25, 0.3) is 0 Å². The Morgan fingerprint density at radius 3 is 1.63 bits per heavy atom. The minimum Gasteiger partial charge on any atom is -0.508 e. The predicted molar refractivity (Wildman–Crippen MR) is 502 cm³/mol. The number of phenolic OH excluding ortho intramolecular Hbond substituents is 2. The number of carbonyl (C=O) groups excluding carboxylic acids is 15. The first kappa shape index (κ1) is 106. The van der Waals surface area contributed by atoms with Gasteiger partial charge in [0.1, 0.15) is 90.0 Å². The number of primary amides is 1. The fraction of sp³-hybridized carbons (Fsp3) is 0.449. The molecule has 7 aromatic rings. The maximum Gasteiger partial charge on any atom is 0.305 e. The van der Waals surface area contributed by atoms with Crippen LogP contribution in [0.25, 0.3) is 10.9 Å². The molecule has 3 saturated heterocycles. The number of aromatic hydroxyl groups is 2. The standard InChI is InChI=1S/C98H121F3N16O20S/c1-10-11-27-76-97(136)117-50-63(120)46-78(117)92(131)107-71(47-82(123)124)89(128)111-84(54(4)5)98(137)114(8)77(44-56-21-14-12-15-22-56)91(130)109-73(42-59-31-35-62(119)36-32-59)95(134)116-37-20-28-75(116)90(129)112-85(55(6)65-48-103-68-26-19-18-25-64(65)68)93(132)108-70(41-58-29-33-61(118)34-30-58)88(127)106-69(38-53(2)3)87(126)110-74(86(125)104-49-80(102)121)51-138-52-81(122)105-72(43-60-39-66(99)83(101)67(100)40-60)94(133)115(9)79(96(135)113(76)7)45-57-23-16-13-17-24-57/h12-19,21-26,29-36,39-40,48,53-55,63,69-79,84-85,103,118-120H,10-11,20,27-28,37-38,41-47,49-52H2,1-9H3,(H2,102,121)(H,104,125)(H,105,122)(H,106,127)(H,107,131)(H,108,132)(H,109,130)(H,110,126)(H,111,128)(H,112,129)(H,123,124)/t55-,63-,69-,70-,71-,72+,73-,74-,75+,76-,77-,78+,79-,84-,85-/m0/s1. The Morgan fingerprint density at radius 2 is 1.04 bits per heavy atom. The number of aliphatic hydroxyl groups excluding tert-OH is 1. The molecule has 1 aromatic heterocycles. The number of rotatable bonds is 23. The van der Waals surface area contributed by atoms with Gasteiger partial charge < -0.3 is 103 Å². The first-order chi connectivity index (χ1) is 65.6. The number of carboxylic acids is 1. The van der Waals surface area contributed by atoms with Gasteiger partial charge in [-0.1, -0.05) is 158 Å². The molecule has 4 heterocycles. The van der Waals surface area contributed by atoms with Crippen molar-refractivity contribution in [1.82, 2.24) is 77.3 Å². The van der Waals surface area contributed by atoms with E-state index in [9.17, 15) is 53.6 Å². The van der Waals surface area contributed by atoms with Gasteiger partial charge in [0.05, 0.1) is 24.8 Å². The van der Waals surface area contributed by atoms with Gasteiger partial charge in [0.2, 0.25) is 88.6 Å². The quantitative estimate of drug-likeness (QED) is 0.0408. The number of nitrogens with zero attached hydrogens (tertiary/aromatic N) is 5. The SMILES string of the molecule is CCCC[C@H]1C(=O)N2C[C@@H](O)C[C@@H]2C(=O)N[C@@H](CC(=O)O)C(=O)N[C@@H](C(C)C)C(=O)N(C)[C@@H](Cc2ccccc2)C(=O)N[C@@H](Cc2ccc(O)cc2)C(=O)N2CCC[C@@H]2C(=O)N[C@@H]([C@@H](C)c2c[nH]c3ccccc23)C(=O)N[C@@H](Cc2ccc(O)cc2)C(=O)N[C@@H](CC(C)C)C(=O)N[C@H](C(=O)NCC(N)=O)CSCC(=O)N[C@H](Cc2cc(F)c(F)c(F)c2)C(=O)N(C)[C@@H](Cc2ccccc2)C(=O)N1C. The van der Waals surface area contributed by atoms with Gasteiger partial charge in [-0.3, -0.25) is 76.7 Å². The third-order valence-corrected chi connectivity index (χ3v) is 25.9. The zero-order valence-corrected chi connectivity index (χ0v) is 79.0. The highest BCUT2D eigenvalue weighted by molar-refractivity contribution is 8.00. The molecule has 16 N–H and O–H groups in total. The number of fused-ring (bicyclic) bond motifs is 3. The van der Waals surface area contributed by atoms with E-state index in [1.807, 2.05) is 0 Å². The molecule has 15 atom stereocenters. The van der Waals surface area contributed by atoms with Crippen LogP contribution in [0.3, 0.4) is 0 Å². The highest BCUT2D eigenvalue weighted by Gasteiger charge is 2.48. The van der Waals surface area contributed by atoms with Gasteiger partial charge in [-0.15, -0.1) is 11.8 Å². The van der Waals surface area contributed by atoms with E-state index in [2.05, 4.69) is 52.8 Å². The number of halogens is 3. The topological polar surface area (TPSA) is 520 Å². The smallest absolute Gasteiger partial charge is 0.305 e. The number of hydrogen-bond acceptors (Lipinski definition) is 20. The Bertz CT molecular complexity index is 5530. The summed E-state index contributed by atoms with van der Waals surface area (Å²) in [5, 5.41) is 67.2. The highest BCUT2D eigenvalue weighted by atomic mass is 32.2. The van der Waals surface area contributed by atoms with Gasteiger partial charge in [-0.05, 0) is 113 Å². The van der Waals surface area contributed by atoms with Crippen molar-refractivity contribution in [3.05, 3.63) is 203 Å². The van der Waals surface area contributed by atoms with Gasteiger partial charge in [0, 0.05) is 102 Å². The number of carboxylic acid groups (broad SMARTS) is 1. The number of likely N-dealkylation sites (N-methyl/N-ethyl adjacent to an activating group) is 3. The van der Waals surface area contributed by atoms with Crippen LogP contribution in [-0.2, 0) is 109 Å². The molecule has 0 aliphatic carbocycles. The lowest BCUT2D eigenvalue weighted by Crippen LogP contribution is -2.62. The molecule has 740 valence electrons. The number of para-hydroxylation sites is 1. The number of amides is 15. The van der Waals surface area contributed by atoms with Crippen LogP contribution in [0.5, 0.6) is 11.5 Å². The number of hydrogen-bond donors (Lipinski definition) is 15. The van der Waals surface area contributed by atoms with E-state index in [1.165, 1.54) is 88.4 Å². The summed E-state index contributed by atoms with van der Waals surface area (Å²) in [4.78, 5) is 248. The Hall–Kier alpha value is -13.9. The summed E-state index contributed by atoms with van der Waals surface area (Å²) in [6.45, 7) is 8.45. The van der Waals surface area contributed by atoms with Gasteiger partial charge >= 0.3 is 5.97 Å². The maximum atomic E-state index is 15.9. The van der Waals surface area contributed by atoms with Crippen molar-refractivity contribution in [2.75, 3.05) is 52.3 Å². The van der Waals surface area contributed by atoms with Gasteiger partial charge in [-0.25, -0.2) is 13.2 Å². The van der Waals surface area contributed by atoms with Crippen LogP contribution in [0.2, 0.25) is 0 Å². The Labute approximate surface area is 800 Å². The number of H-pyrrole nitrogens is 1. The van der Waals surface area contributed by atoms with Crippen LogP contribution < -0.4 is 53.6 Å². The first-order valence-electron chi connectivity index (χ1n) is 45.8. The molecular weight excluding hydrogens is 1810 g/mol. The molecule has 0 radical (unpaired) electrons. The third-order valence-electron chi connectivity index (χ3n) is 24.9. The molecule has 3 aliphatic rings. The van der Waals surface area contributed by atoms with Crippen LogP contribution in [-0.4, -0.2) is 281 Å². The number of unbranched alkanes of at least 4 members (excludes halogenated alkanes) is 1. The molecule has 0 spiro atoms. The van der Waals surface area contributed by atoms with Crippen LogP contribution in [0.15, 0.2) is 152 Å². The fourth-order valence-electron chi connectivity index (χ4n) is 17.3. The summed E-state index contributed by atoms with van der Waals surface area (Å²) in [6, 6.07) is 14.4. The van der Waals surface area contributed by atoms with E-state index >= 15 is 56.7 Å². The molecule has 3 fully saturated rings. The molecular formula is C98H121F3N16O20S. The minimum absolute atomic E-state index is 0.0129. The number of aromatic nitrogens is 1. The number of nitrogens with one attached hydrogen (secondary N) is 10. The van der Waals surface area contributed by atoms with E-state index in [0.29, 0.717) is 69.0 Å². The number of benzene rings is 6. The zero-order chi connectivity index (χ0) is 101. The Morgan fingerprint density at radius 1 is 0.522 bits per heavy atom. The molecule has 40 heteroatoms. The number of aromatic amines is 1. The van der Waals surface area contributed by atoms with Gasteiger partial charge in [0.15, 0.2) is 17.5 Å². The van der Waals surface area contributed by atoms with Gasteiger partial charge in [-0.2, -0.15) is 0 Å². The molecule has 3 aliphatic heterocycles. The molecule has 10 rings (SSSR count). The number of phenols is 2. The first-order valence-corrected chi connectivity index (χ1v) is 46.9. The lowest BCUT2D eigenvalue weighted by Gasteiger charge is -2.38. The monoisotopic (exact) mass is 1930 g/mol. The van der Waals surface area contributed by atoms with Crippen molar-refractivity contribution in [2.45, 2.75) is 216 Å². The van der Waals surface area contributed by atoms with Crippen molar-refractivity contribution < 1.29 is 110 Å². The third kappa shape index (κ3) is 28.4. The van der Waals surface area contributed by atoms with Crippen LogP contribution in [0.4, 0.5) is 13.2 Å². The minimum atomic E-state index is -2.04. The summed E-state index contributed by atoms with van der Waals surface area (Å²) in [5.41, 5.74) is 7.87. The average Bonchev–Trinajstić information content (AvgIpc) is 1.71. The highest BCUT2D eigenvalue weighted by Crippen LogP contribution is 2.32. The summed E-state index contributed by atoms with van der Waals surface area (Å²) in [6.07, 6.45) is -2.98. The van der Waals surface area contributed by atoms with Crippen molar-refractivity contribution in [1.29, 1.82) is 0 Å². The normalized spacial score (nSPS) is 23.9. The molecule has 0 saturated carbocycles. The number of aliphatic carboxylic acids is 1. The maximum absolute atomic E-state index is 15.9. The lowest BCUT2D eigenvalue weighted by atomic mass is 9.91. The fourth-order valence-corrected chi connectivity index (χ4v) is 18.2. The number of thioether (sulfide) groups is 1. The molecule has 0 bridgehead atoms. The Balaban J connectivity index is 1.07. The summed E-state index contributed by atoms with van der Waals surface area (Å²) in [5.74, 6) is -25.8. The van der Waals surface area contributed by atoms with Crippen molar-refractivity contribution >= 4 is 117 Å². The summed E-state index contributed by atoms with van der Waals surface area (Å²) < 4.78 is 45.2. The van der Waals surface area contributed by atoms with E-state index in [-0.39, 0.29) is 81.4 Å². The molecule has 36 nitrogen and oxygen atoms in total. The average molecular weight is 1930 g/mol. The number of nitrogens with two attached hydrogens (primary N) is 1. The number of carbonyl (C=O) groups is 16. The summed E-state index contributed by atoms with van der Waals surface area (Å²) >= 11 is 0.662.